The highest BCUT2D eigenvalue weighted by Gasteiger charge is 2.40. The SMILES string of the molecule is Cc1ccc(CNC(=O)CCN2CCN(C)[C@@]3(CCNC(=O)CC3)C2)cc1. The predicted molar refractivity (Wildman–Crippen MR) is 106 cm³/mol. The lowest BCUT2D eigenvalue weighted by Crippen LogP contribution is -2.61. The maximum atomic E-state index is 12.3. The molecule has 1 aromatic carbocycles. The summed E-state index contributed by atoms with van der Waals surface area (Å²) in [5.41, 5.74) is 2.41. The van der Waals surface area contributed by atoms with Gasteiger partial charge in [0.2, 0.25) is 11.8 Å². The summed E-state index contributed by atoms with van der Waals surface area (Å²) in [6.07, 6.45) is 2.98. The molecule has 148 valence electrons. The van der Waals surface area contributed by atoms with Gasteiger partial charge in [0.15, 0.2) is 0 Å². The van der Waals surface area contributed by atoms with E-state index in [1.54, 1.807) is 0 Å². The van der Waals surface area contributed by atoms with E-state index in [1.165, 1.54) is 5.56 Å². The van der Waals surface area contributed by atoms with Gasteiger partial charge in [-0.25, -0.2) is 0 Å². The molecule has 2 saturated heterocycles. The molecule has 1 atom stereocenters. The van der Waals surface area contributed by atoms with Crippen LogP contribution in [0.5, 0.6) is 0 Å². The summed E-state index contributed by atoms with van der Waals surface area (Å²) in [7, 11) is 2.17. The fraction of sp³-hybridized carbons (Fsp3) is 0.619. The van der Waals surface area contributed by atoms with E-state index in [9.17, 15) is 9.59 Å². The molecule has 0 aromatic heterocycles. The van der Waals surface area contributed by atoms with Crippen LogP contribution in [-0.2, 0) is 16.1 Å². The number of piperazine rings is 1. The van der Waals surface area contributed by atoms with E-state index in [1.807, 2.05) is 0 Å². The molecule has 0 aliphatic carbocycles. The number of hydrogen-bond donors (Lipinski definition) is 2. The average molecular weight is 373 g/mol. The number of amides is 2. The lowest BCUT2D eigenvalue weighted by molar-refractivity contribution is -0.122. The molecular weight excluding hydrogens is 340 g/mol. The van der Waals surface area contributed by atoms with Gasteiger partial charge in [0.1, 0.15) is 0 Å². The Morgan fingerprint density at radius 2 is 2.00 bits per heavy atom. The minimum absolute atomic E-state index is 0.0514. The number of nitrogens with one attached hydrogen (secondary N) is 2. The summed E-state index contributed by atoms with van der Waals surface area (Å²) in [6, 6.07) is 8.25. The van der Waals surface area contributed by atoms with Crippen LogP contribution < -0.4 is 10.6 Å². The van der Waals surface area contributed by atoms with Gasteiger partial charge in [0.05, 0.1) is 0 Å². The Bertz CT molecular complexity index is 661. The number of rotatable bonds is 5. The highest BCUT2D eigenvalue weighted by molar-refractivity contribution is 5.76. The van der Waals surface area contributed by atoms with Crippen LogP contribution in [-0.4, -0.2) is 66.9 Å². The van der Waals surface area contributed by atoms with Gasteiger partial charge < -0.3 is 10.6 Å². The normalized spacial score (nSPS) is 24.4. The van der Waals surface area contributed by atoms with Crippen molar-refractivity contribution in [3.8, 4) is 0 Å². The fourth-order valence-electron chi connectivity index (χ4n) is 4.12. The van der Waals surface area contributed by atoms with Crippen molar-refractivity contribution in [2.45, 2.75) is 44.7 Å². The number of likely N-dealkylation sites (N-methyl/N-ethyl adjacent to an activating group) is 1. The number of nitrogens with zero attached hydrogens (tertiary/aromatic N) is 2. The van der Waals surface area contributed by atoms with Crippen molar-refractivity contribution >= 4 is 11.8 Å². The molecule has 0 bridgehead atoms. The zero-order chi connectivity index (χ0) is 19.3. The van der Waals surface area contributed by atoms with Crippen molar-refractivity contribution in [3.05, 3.63) is 35.4 Å². The molecule has 0 saturated carbocycles. The summed E-state index contributed by atoms with van der Waals surface area (Å²) in [5, 5.41) is 6.01. The summed E-state index contributed by atoms with van der Waals surface area (Å²) < 4.78 is 0. The third-order valence-corrected chi connectivity index (χ3v) is 6.07. The van der Waals surface area contributed by atoms with Gasteiger partial charge in [0.25, 0.3) is 0 Å². The van der Waals surface area contributed by atoms with Crippen molar-refractivity contribution in [1.29, 1.82) is 0 Å². The van der Waals surface area contributed by atoms with E-state index in [4.69, 9.17) is 0 Å². The summed E-state index contributed by atoms with van der Waals surface area (Å²) in [6.45, 7) is 7.06. The minimum atomic E-state index is 0.0514. The molecule has 2 amide bonds. The third-order valence-electron chi connectivity index (χ3n) is 6.07. The van der Waals surface area contributed by atoms with Crippen LogP contribution in [0.1, 0.15) is 36.8 Å². The smallest absolute Gasteiger partial charge is 0.221 e. The van der Waals surface area contributed by atoms with E-state index >= 15 is 0 Å². The van der Waals surface area contributed by atoms with Crippen molar-refractivity contribution in [2.24, 2.45) is 0 Å². The first-order chi connectivity index (χ1) is 13.0. The fourth-order valence-corrected chi connectivity index (χ4v) is 4.12. The largest absolute Gasteiger partial charge is 0.356 e. The standard InChI is InChI=1S/C21H32N4O2/c1-17-3-5-18(6-4-17)15-23-20(27)8-12-25-14-13-24(2)21(16-25)9-7-19(26)22-11-10-21/h3-6H,7-16H2,1-2H3,(H,22,26)(H,23,27)/t21-/m0/s1. The lowest BCUT2D eigenvalue weighted by Gasteiger charge is -2.49. The monoisotopic (exact) mass is 372 g/mol. The maximum Gasteiger partial charge on any atom is 0.221 e. The Morgan fingerprint density at radius 3 is 2.78 bits per heavy atom. The van der Waals surface area contributed by atoms with Crippen LogP contribution in [0.25, 0.3) is 0 Å². The predicted octanol–water partition coefficient (Wildman–Crippen LogP) is 1.29. The molecule has 6 heteroatoms. The molecule has 2 N–H and O–H groups in total. The van der Waals surface area contributed by atoms with Gasteiger partial charge in [-0.15, -0.1) is 0 Å². The first-order valence-corrected chi connectivity index (χ1v) is 9.99. The zero-order valence-electron chi connectivity index (χ0n) is 16.6. The summed E-state index contributed by atoms with van der Waals surface area (Å²) >= 11 is 0. The topological polar surface area (TPSA) is 64.7 Å². The first kappa shape index (κ1) is 19.8. The van der Waals surface area contributed by atoms with E-state index in [-0.39, 0.29) is 17.4 Å². The Labute approximate surface area is 162 Å². The lowest BCUT2D eigenvalue weighted by atomic mass is 9.86. The van der Waals surface area contributed by atoms with Crippen molar-refractivity contribution in [3.63, 3.8) is 0 Å². The van der Waals surface area contributed by atoms with Gasteiger partial charge in [-0.2, -0.15) is 0 Å². The molecule has 2 fully saturated rings. The Balaban J connectivity index is 1.46. The van der Waals surface area contributed by atoms with Gasteiger partial charge in [-0.1, -0.05) is 29.8 Å². The van der Waals surface area contributed by atoms with E-state index in [2.05, 4.69) is 58.7 Å². The molecule has 2 aliphatic rings. The van der Waals surface area contributed by atoms with Crippen LogP contribution >= 0.6 is 0 Å². The summed E-state index contributed by atoms with van der Waals surface area (Å²) in [5.74, 6) is 0.258. The highest BCUT2D eigenvalue weighted by Crippen LogP contribution is 2.30. The molecule has 6 nitrogen and oxygen atoms in total. The molecule has 2 aliphatic heterocycles. The van der Waals surface area contributed by atoms with Crippen LogP contribution in [0, 0.1) is 6.92 Å². The van der Waals surface area contributed by atoms with Gasteiger partial charge in [-0.3, -0.25) is 19.4 Å². The Hall–Kier alpha value is -1.92. The van der Waals surface area contributed by atoms with Gasteiger partial charge >= 0.3 is 0 Å². The first-order valence-electron chi connectivity index (χ1n) is 9.99. The van der Waals surface area contributed by atoms with Crippen LogP contribution in [0.15, 0.2) is 24.3 Å². The second-order valence-electron chi connectivity index (χ2n) is 8.03. The van der Waals surface area contributed by atoms with E-state index in [0.717, 1.165) is 51.1 Å². The quantitative estimate of drug-likeness (QED) is 0.818. The highest BCUT2D eigenvalue weighted by atomic mass is 16.2. The Kier molecular flexibility index (Phi) is 6.50. The number of hydrogen-bond acceptors (Lipinski definition) is 4. The average Bonchev–Trinajstić information content (AvgIpc) is 2.84. The molecule has 27 heavy (non-hydrogen) atoms. The molecule has 0 unspecified atom stereocenters. The number of benzene rings is 1. The molecular formula is C21H32N4O2. The van der Waals surface area contributed by atoms with Crippen molar-refractivity contribution < 1.29 is 9.59 Å². The number of carbonyl (C=O) groups is 2. The van der Waals surface area contributed by atoms with Crippen LogP contribution in [0.4, 0.5) is 0 Å². The molecule has 1 spiro atoms. The van der Waals surface area contributed by atoms with Gasteiger partial charge in [-0.05, 0) is 32.4 Å². The molecule has 2 heterocycles. The van der Waals surface area contributed by atoms with E-state index < -0.39 is 0 Å². The number of aryl methyl sites for hydroxylation is 1. The number of carbonyl (C=O) groups excluding carboxylic acids is 2. The van der Waals surface area contributed by atoms with E-state index in [0.29, 0.717) is 19.4 Å². The van der Waals surface area contributed by atoms with Crippen molar-refractivity contribution in [2.75, 3.05) is 39.8 Å². The maximum absolute atomic E-state index is 12.3. The zero-order valence-corrected chi connectivity index (χ0v) is 16.6. The van der Waals surface area contributed by atoms with Gasteiger partial charge in [0, 0.05) is 57.6 Å². The minimum Gasteiger partial charge on any atom is -0.356 e. The van der Waals surface area contributed by atoms with Crippen molar-refractivity contribution in [1.82, 2.24) is 20.4 Å². The second-order valence-corrected chi connectivity index (χ2v) is 8.03. The molecule has 3 rings (SSSR count). The summed E-state index contributed by atoms with van der Waals surface area (Å²) in [4.78, 5) is 28.8. The van der Waals surface area contributed by atoms with Crippen LogP contribution in [0.2, 0.25) is 0 Å². The second kappa shape index (κ2) is 8.85. The van der Waals surface area contributed by atoms with Crippen LogP contribution in [0.3, 0.4) is 0 Å². The molecule has 1 aromatic rings. The molecule has 0 radical (unpaired) electrons. The Morgan fingerprint density at radius 1 is 1.22 bits per heavy atom. The third kappa shape index (κ3) is 5.30.